The van der Waals surface area contributed by atoms with Gasteiger partial charge in [-0.15, -0.1) is 0 Å². The lowest BCUT2D eigenvalue weighted by Gasteiger charge is -2.34. The molecule has 3 N–H and O–H groups in total. The summed E-state index contributed by atoms with van der Waals surface area (Å²) in [6, 6.07) is 6.19. The van der Waals surface area contributed by atoms with Crippen LogP contribution in [0.1, 0.15) is 33.6 Å². The van der Waals surface area contributed by atoms with E-state index < -0.39 is 17.9 Å². The maximum atomic E-state index is 12.9. The Morgan fingerprint density at radius 3 is 2.45 bits per heavy atom. The summed E-state index contributed by atoms with van der Waals surface area (Å²) in [7, 11) is 0. The first-order valence-electron chi connectivity index (χ1n) is 10.00. The topological polar surface area (TPSA) is 105 Å². The van der Waals surface area contributed by atoms with Crippen molar-refractivity contribution in [3.63, 3.8) is 0 Å². The number of hydrogen-bond acceptors (Lipinski definition) is 5. The number of nitrogens with two attached hydrogens (primary N) is 1. The highest BCUT2D eigenvalue weighted by atomic mass is 16.5. The Bertz CT molecular complexity index is 768. The molecule has 2 aliphatic rings. The minimum absolute atomic E-state index is 0.0666. The van der Waals surface area contributed by atoms with E-state index in [9.17, 15) is 14.4 Å². The summed E-state index contributed by atoms with van der Waals surface area (Å²) in [5, 5.41) is 2.80. The van der Waals surface area contributed by atoms with Crippen molar-refractivity contribution in [2.75, 3.05) is 36.5 Å². The summed E-state index contributed by atoms with van der Waals surface area (Å²) in [5.41, 5.74) is 6.85. The summed E-state index contributed by atoms with van der Waals surface area (Å²) in [4.78, 5) is 40.6. The van der Waals surface area contributed by atoms with Crippen LogP contribution >= 0.6 is 0 Å². The fourth-order valence-corrected chi connectivity index (χ4v) is 3.55. The molecule has 8 heteroatoms. The zero-order valence-electron chi connectivity index (χ0n) is 17.3. The molecule has 1 aliphatic heterocycles. The highest BCUT2D eigenvalue weighted by molar-refractivity contribution is 6.09. The van der Waals surface area contributed by atoms with Crippen molar-refractivity contribution in [3.8, 4) is 0 Å². The predicted molar refractivity (Wildman–Crippen MR) is 110 cm³/mol. The molecule has 1 aromatic rings. The van der Waals surface area contributed by atoms with Gasteiger partial charge in [-0.3, -0.25) is 19.3 Å². The van der Waals surface area contributed by atoms with Crippen LogP contribution in [0.25, 0.3) is 0 Å². The maximum Gasteiger partial charge on any atom is 0.253 e. The fourth-order valence-electron chi connectivity index (χ4n) is 3.55. The molecule has 0 unspecified atom stereocenters. The Labute approximate surface area is 171 Å². The zero-order chi connectivity index (χ0) is 21.2. The monoisotopic (exact) mass is 402 g/mol. The standard InChI is InChI=1S/C21H30N4O4/c1-21(2,3)13-25(16-8-9-16)18(19(22)27)20(28)23-14-4-6-15(7-5-14)24-10-11-29-12-17(24)26/h4-7,16,18H,8-13H2,1-3H3,(H2,22,27)(H,23,28)/t18-/m1/s1. The molecule has 1 saturated heterocycles. The summed E-state index contributed by atoms with van der Waals surface area (Å²) in [6.45, 7) is 7.89. The SMILES string of the molecule is CC(C)(C)CN(C1CC1)[C@H](C(N)=O)C(=O)Nc1ccc(N2CCOCC2=O)cc1. The van der Waals surface area contributed by atoms with E-state index in [0.29, 0.717) is 25.4 Å². The van der Waals surface area contributed by atoms with Crippen molar-refractivity contribution in [1.29, 1.82) is 0 Å². The summed E-state index contributed by atoms with van der Waals surface area (Å²) < 4.78 is 5.14. The number of primary amides is 1. The first-order chi connectivity index (χ1) is 13.7. The first kappa shape index (κ1) is 21.3. The van der Waals surface area contributed by atoms with Gasteiger partial charge in [0.2, 0.25) is 5.91 Å². The molecule has 1 aromatic carbocycles. The van der Waals surface area contributed by atoms with E-state index in [1.165, 1.54) is 0 Å². The van der Waals surface area contributed by atoms with Gasteiger partial charge in [-0.2, -0.15) is 0 Å². The lowest BCUT2D eigenvalue weighted by molar-refractivity contribution is -0.133. The first-order valence-corrected chi connectivity index (χ1v) is 10.00. The van der Waals surface area contributed by atoms with Gasteiger partial charge in [-0.25, -0.2) is 0 Å². The molecule has 3 amide bonds. The van der Waals surface area contributed by atoms with Gasteiger partial charge >= 0.3 is 0 Å². The van der Waals surface area contributed by atoms with Crippen LogP contribution in [0.5, 0.6) is 0 Å². The van der Waals surface area contributed by atoms with Gasteiger partial charge in [0, 0.05) is 30.5 Å². The number of benzene rings is 1. The third-order valence-electron chi connectivity index (χ3n) is 4.95. The second-order valence-electron chi connectivity index (χ2n) is 8.90. The lowest BCUT2D eigenvalue weighted by atomic mass is 9.94. The average molecular weight is 402 g/mol. The number of hydrogen-bond donors (Lipinski definition) is 2. The Hall–Kier alpha value is -2.45. The molecular formula is C21H30N4O4. The van der Waals surface area contributed by atoms with Crippen LogP contribution in [0.15, 0.2) is 24.3 Å². The third kappa shape index (κ3) is 5.55. The molecule has 3 rings (SSSR count). The van der Waals surface area contributed by atoms with Gasteiger partial charge < -0.3 is 20.7 Å². The van der Waals surface area contributed by atoms with E-state index in [2.05, 4.69) is 26.1 Å². The van der Waals surface area contributed by atoms with Crippen molar-refractivity contribution < 1.29 is 19.1 Å². The Kier molecular flexibility index (Phi) is 6.24. The zero-order valence-corrected chi connectivity index (χ0v) is 17.3. The summed E-state index contributed by atoms with van der Waals surface area (Å²) >= 11 is 0. The summed E-state index contributed by atoms with van der Waals surface area (Å²) in [6.07, 6.45) is 1.94. The highest BCUT2D eigenvalue weighted by Crippen LogP contribution is 2.32. The van der Waals surface area contributed by atoms with Crippen molar-refractivity contribution >= 4 is 29.1 Å². The van der Waals surface area contributed by atoms with Crippen LogP contribution in [-0.4, -0.2) is 61.0 Å². The van der Waals surface area contributed by atoms with Crippen molar-refractivity contribution in [2.24, 2.45) is 11.1 Å². The molecule has 8 nitrogen and oxygen atoms in total. The van der Waals surface area contributed by atoms with E-state index in [-0.39, 0.29) is 24.0 Å². The molecule has 1 heterocycles. The van der Waals surface area contributed by atoms with Gasteiger partial charge in [0.1, 0.15) is 6.61 Å². The van der Waals surface area contributed by atoms with Crippen molar-refractivity contribution in [1.82, 2.24) is 4.90 Å². The molecule has 158 valence electrons. The van der Waals surface area contributed by atoms with Crippen molar-refractivity contribution in [3.05, 3.63) is 24.3 Å². The van der Waals surface area contributed by atoms with Crippen LogP contribution in [0.2, 0.25) is 0 Å². The van der Waals surface area contributed by atoms with Gasteiger partial charge in [-0.05, 0) is 42.5 Å². The number of morpholine rings is 1. The molecule has 29 heavy (non-hydrogen) atoms. The molecule has 1 atom stereocenters. The molecule has 0 spiro atoms. The average Bonchev–Trinajstić information content (AvgIpc) is 3.46. The second kappa shape index (κ2) is 8.51. The predicted octanol–water partition coefficient (Wildman–Crippen LogP) is 1.35. The van der Waals surface area contributed by atoms with E-state index in [0.717, 1.165) is 18.5 Å². The largest absolute Gasteiger partial charge is 0.370 e. The third-order valence-corrected chi connectivity index (χ3v) is 4.95. The van der Waals surface area contributed by atoms with Crippen LogP contribution in [-0.2, 0) is 19.1 Å². The normalized spacial score (nSPS) is 18.6. The van der Waals surface area contributed by atoms with Gasteiger partial charge in [0.05, 0.1) is 6.61 Å². The molecule has 2 fully saturated rings. The molecule has 0 aromatic heterocycles. The van der Waals surface area contributed by atoms with E-state index in [1.807, 2.05) is 4.90 Å². The Morgan fingerprint density at radius 2 is 1.93 bits per heavy atom. The van der Waals surface area contributed by atoms with Gasteiger partial charge in [-0.1, -0.05) is 20.8 Å². The van der Waals surface area contributed by atoms with Crippen LogP contribution in [0.4, 0.5) is 11.4 Å². The number of nitrogens with zero attached hydrogens (tertiary/aromatic N) is 2. The fraction of sp³-hybridized carbons (Fsp3) is 0.571. The minimum Gasteiger partial charge on any atom is -0.370 e. The smallest absolute Gasteiger partial charge is 0.253 e. The number of anilines is 2. The number of amides is 3. The van der Waals surface area contributed by atoms with E-state index in [1.54, 1.807) is 29.2 Å². The Balaban J connectivity index is 1.71. The number of carbonyl (C=O) groups excluding carboxylic acids is 3. The number of carbonyl (C=O) groups is 3. The van der Waals surface area contributed by atoms with Crippen LogP contribution in [0.3, 0.4) is 0 Å². The lowest BCUT2D eigenvalue weighted by Crippen LogP contribution is -2.55. The maximum absolute atomic E-state index is 12.9. The number of rotatable bonds is 7. The Morgan fingerprint density at radius 1 is 1.28 bits per heavy atom. The molecule has 0 radical (unpaired) electrons. The molecule has 1 aliphatic carbocycles. The minimum atomic E-state index is -1.01. The summed E-state index contributed by atoms with van der Waals surface area (Å²) in [5.74, 6) is -1.16. The second-order valence-corrected chi connectivity index (χ2v) is 8.90. The number of nitrogens with one attached hydrogen (secondary N) is 1. The van der Waals surface area contributed by atoms with Gasteiger partial charge in [0.15, 0.2) is 6.04 Å². The van der Waals surface area contributed by atoms with Crippen molar-refractivity contribution in [2.45, 2.75) is 45.7 Å². The molecule has 0 bridgehead atoms. The molecular weight excluding hydrogens is 372 g/mol. The molecule has 1 saturated carbocycles. The van der Waals surface area contributed by atoms with Crippen LogP contribution < -0.4 is 16.0 Å². The quantitative estimate of drug-likeness (QED) is 0.670. The number of ether oxygens (including phenoxy) is 1. The van der Waals surface area contributed by atoms with Gasteiger partial charge in [0.25, 0.3) is 11.8 Å². The highest BCUT2D eigenvalue weighted by Gasteiger charge is 2.42. The van der Waals surface area contributed by atoms with E-state index in [4.69, 9.17) is 10.5 Å². The van der Waals surface area contributed by atoms with E-state index >= 15 is 0 Å². The van der Waals surface area contributed by atoms with Crippen LogP contribution in [0, 0.1) is 5.41 Å².